The van der Waals surface area contributed by atoms with Crippen LogP contribution >= 0.6 is 0 Å². The lowest BCUT2D eigenvalue weighted by Gasteiger charge is -2.25. The van der Waals surface area contributed by atoms with Gasteiger partial charge in [-0.1, -0.05) is 12.1 Å². The molecule has 6 nitrogen and oxygen atoms in total. The highest BCUT2D eigenvalue weighted by Gasteiger charge is 2.11. The Morgan fingerprint density at radius 2 is 1.83 bits per heavy atom. The fourth-order valence-electron chi connectivity index (χ4n) is 2.25. The van der Waals surface area contributed by atoms with Crippen molar-refractivity contribution in [2.75, 3.05) is 39.2 Å². The largest absolute Gasteiger partial charge is 0.497 e. The van der Waals surface area contributed by atoms with Crippen LogP contribution in [0, 0.1) is 0 Å². The van der Waals surface area contributed by atoms with Crippen LogP contribution in [-0.4, -0.2) is 55.3 Å². The molecule has 24 heavy (non-hydrogen) atoms. The van der Waals surface area contributed by atoms with E-state index in [9.17, 15) is 4.79 Å². The number of aromatic nitrogens is 1. The first-order chi connectivity index (χ1) is 11.5. The number of aromatic carboxylic acids is 1. The number of carbonyl (C=O) groups is 1. The van der Waals surface area contributed by atoms with Gasteiger partial charge < -0.3 is 19.6 Å². The number of ether oxygens (including phenoxy) is 1. The Morgan fingerprint density at radius 3 is 2.33 bits per heavy atom. The third kappa shape index (κ3) is 4.96. The third-order valence-corrected chi connectivity index (χ3v) is 3.67. The molecule has 0 bridgehead atoms. The van der Waals surface area contributed by atoms with E-state index < -0.39 is 5.97 Å². The predicted molar refractivity (Wildman–Crippen MR) is 93.8 cm³/mol. The molecule has 2 aromatic rings. The summed E-state index contributed by atoms with van der Waals surface area (Å²) in [7, 11) is 5.69. The van der Waals surface area contributed by atoms with Crippen molar-refractivity contribution in [2.24, 2.45) is 0 Å². The molecule has 0 saturated heterocycles. The first-order valence-electron chi connectivity index (χ1n) is 7.71. The second-order valence-corrected chi connectivity index (χ2v) is 5.78. The molecule has 0 unspecified atom stereocenters. The van der Waals surface area contributed by atoms with E-state index in [-0.39, 0.29) is 5.56 Å². The van der Waals surface area contributed by atoms with E-state index in [1.807, 2.05) is 38.4 Å². The van der Waals surface area contributed by atoms with Crippen LogP contribution in [0.2, 0.25) is 0 Å². The molecule has 128 valence electrons. The second kappa shape index (κ2) is 8.31. The summed E-state index contributed by atoms with van der Waals surface area (Å²) < 4.78 is 5.19. The number of benzene rings is 1. The highest BCUT2D eigenvalue weighted by molar-refractivity contribution is 5.87. The fraction of sp³-hybridized carbons (Fsp3) is 0.333. The maximum atomic E-state index is 11.0. The van der Waals surface area contributed by atoms with Gasteiger partial charge >= 0.3 is 5.97 Å². The Labute approximate surface area is 142 Å². The van der Waals surface area contributed by atoms with Crippen LogP contribution in [0.25, 0.3) is 0 Å². The van der Waals surface area contributed by atoms with Gasteiger partial charge in [-0.25, -0.2) is 9.78 Å². The van der Waals surface area contributed by atoms with Crippen LogP contribution in [0.1, 0.15) is 15.9 Å². The molecule has 2 rings (SSSR count). The minimum atomic E-state index is -0.968. The van der Waals surface area contributed by atoms with Crippen LogP contribution in [0.4, 0.5) is 5.82 Å². The third-order valence-electron chi connectivity index (χ3n) is 3.67. The van der Waals surface area contributed by atoms with Gasteiger partial charge in [0.1, 0.15) is 11.6 Å². The smallest absolute Gasteiger partial charge is 0.337 e. The van der Waals surface area contributed by atoms with Crippen molar-refractivity contribution in [3.05, 3.63) is 53.7 Å². The quantitative estimate of drug-likeness (QED) is 0.802. The molecule has 0 aliphatic carbocycles. The monoisotopic (exact) mass is 329 g/mol. The van der Waals surface area contributed by atoms with Crippen molar-refractivity contribution in [2.45, 2.75) is 6.54 Å². The van der Waals surface area contributed by atoms with Crippen LogP contribution in [0.3, 0.4) is 0 Å². The van der Waals surface area contributed by atoms with Gasteiger partial charge in [0.25, 0.3) is 0 Å². The number of rotatable bonds is 8. The average molecular weight is 329 g/mol. The van der Waals surface area contributed by atoms with E-state index >= 15 is 0 Å². The number of pyridine rings is 1. The lowest BCUT2D eigenvalue weighted by atomic mass is 10.2. The number of hydrogen-bond donors (Lipinski definition) is 1. The van der Waals surface area contributed by atoms with Gasteiger partial charge in [-0.05, 0) is 43.9 Å². The van der Waals surface area contributed by atoms with Gasteiger partial charge in [0.15, 0.2) is 0 Å². The number of carboxylic acid groups (broad SMARTS) is 1. The molecule has 1 aromatic carbocycles. The SMILES string of the molecule is COc1ccc(CN(CCN(C)C)c2ccc(C(=O)O)cn2)cc1. The number of carboxylic acids is 1. The Morgan fingerprint density at radius 1 is 1.12 bits per heavy atom. The first kappa shape index (κ1) is 17.7. The summed E-state index contributed by atoms with van der Waals surface area (Å²) in [5.41, 5.74) is 1.33. The van der Waals surface area contributed by atoms with Crippen molar-refractivity contribution < 1.29 is 14.6 Å². The second-order valence-electron chi connectivity index (χ2n) is 5.78. The maximum Gasteiger partial charge on any atom is 0.337 e. The predicted octanol–water partition coefficient (Wildman–Crippen LogP) is 2.36. The number of nitrogens with zero attached hydrogens (tertiary/aromatic N) is 3. The van der Waals surface area contributed by atoms with E-state index in [2.05, 4.69) is 14.8 Å². The van der Waals surface area contributed by atoms with Crippen LogP contribution in [-0.2, 0) is 6.54 Å². The van der Waals surface area contributed by atoms with Gasteiger partial charge in [0.2, 0.25) is 0 Å². The summed E-state index contributed by atoms with van der Waals surface area (Å²) >= 11 is 0. The molecular formula is C18H23N3O3. The van der Waals surface area contributed by atoms with Crippen molar-refractivity contribution in [1.82, 2.24) is 9.88 Å². The van der Waals surface area contributed by atoms with Crippen molar-refractivity contribution >= 4 is 11.8 Å². The molecule has 0 fully saturated rings. The molecule has 0 atom stereocenters. The Balaban J connectivity index is 2.17. The minimum absolute atomic E-state index is 0.191. The van der Waals surface area contributed by atoms with Crippen molar-refractivity contribution in [3.8, 4) is 5.75 Å². The summed E-state index contributed by atoms with van der Waals surface area (Å²) in [5.74, 6) is 0.615. The number of anilines is 1. The molecule has 6 heteroatoms. The van der Waals surface area contributed by atoms with Gasteiger partial charge in [-0.15, -0.1) is 0 Å². The summed E-state index contributed by atoms with van der Waals surface area (Å²) in [6.07, 6.45) is 1.40. The van der Waals surface area contributed by atoms with E-state index in [4.69, 9.17) is 9.84 Å². The lowest BCUT2D eigenvalue weighted by molar-refractivity contribution is 0.0696. The van der Waals surface area contributed by atoms with Gasteiger partial charge in [-0.3, -0.25) is 0 Å². The van der Waals surface area contributed by atoms with Crippen molar-refractivity contribution in [3.63, 3.8) is 0 Å². The number of hydrogen-bond acceptors (Lipinski definition) is 5. The Kier molecular flexibility index (Phi) is 6.14. The zero-order valence-electron chi connectivity index (χ0n) is 14.3. The van der Waals surface area contributed by atoms with Crippen LogP contribution in [0.5, 0.6) is 5.75 Å². The summed E-state index contributed by atoms with van der Waals surface area (Å²) in [6, 6.07) is 11.2. The summed E-state index contributed by atoms with van der Waals surface area (Å²) in [5, 5.41) is 9.00. The topological polar surface area (TPSA) is 65.9 Å². The Hall–Kier alpha value is -2.60. The summed E-state index contributed by atoms with van der Waals surface area (Å²) in [6.45, 7) is 2.36. The molecule has 0 aliphatic rings. The van der Waals surface area contributed by atoms with E-state index in [1.54, 1.807) is 19.2 Å². The molecule has 0 radical (unpaired) electrons. The van der Waals surface area contributed by atoms with E-state index in [1.165, 1.54) is 6.20 Å². The van der Waals surface area contributed by atoms with Crippen LogP contribution < -0.4 is 9.64 Å². The highest BCUT2D eigenvalue weighted by Crippen LogP contribution is 2.17. The maximum absolute atomic E-state index is 11.0. The fourth-order valence-corrected chi connectivity index (χ4v) is 2.25. The Bertz CT molecular complexity index is 654. The van der Waals surface area contributed by atoms with Crippen molar-refractivity contribution in [1.29, 1.82) is 0 Å². The standard InChI is InChI=1S/C18H23N3O3/c1-20(2)10-11-21(13-14-4-7-16(24-3)8-5-14)17-9-6-15(12-19-17)18(22)23/h4-9,12H,10-11,13H2,1-3H3,(H,22,23). The lowest BCUT2D eigenvalue weighted by Crippen LogP contribution is -2.32. The molecule has 0 aliphatic heterocycles. The van der Waals surface area contributed by atoms with Gasteiger partial charge in [-0.2, -0.15) is 0 Å². The molecule has 1 aromatic heterocycles. The average Bonchev–Trinajstić information content (AvgIpc) is 2.59. The molecule has 0 spiro atoms. The normalized spacial score (nSPS) is 10.7. The van der Waals surface area contributed by atoms with Crippen LogP contribution in [0.15, 0.2) is 42.6 Å². The van der Waals surface area contributed by atoms with E-state index in [0.29, 0.717) is 6.54 Å². The highest BCUT2D eigenvalue weighted by atomic mass is 16.5. The first-order valence-corrected chi connectivity index (χ1v) is 7.71. The number of methoxy groups -OCH3 is 1. The molecule has 1 heterocycles. The minimum Gasteiger partial charge on any atom is -0.497 e. The molecule has 0 amide bonds. The zero-order chi connectivity index (χ0) is 17.5. The molecule has 0 saturated carbocycles. The molecular weight excluding hydrogens is 306 g/mol. The van der Waals surface area contributed by atoms with Gasteiger partial charge in [0, 0.05) is 25.8 Å². The number of likely N-dealkylation sites (N-methyl/N-ethyl adjacent to an activating group) is 1. The zero-order valence-corrected chi connectivity index (χ0v) is 14.3. The molecule has 1 N–H and O–H groups in total. The van der Waals surface area contributed by atoms with Gasteiger partial charge in [0.05, 0.1) is 12.7 Å². The van der Waals surface area contributed by atoms with E-state index in [0.717, 1.165) is 30.2 Å². The summed E-state index contributed by atoms with van der Waals surface area (Å²) in [4.78, 5) is 19.5.